The number of thiophene rings is 1. The fraction of sp³-hybridized carbons (Fsp3) is 0.278. The Morgan fingerprint density at radius 2 is 2.11 bits per heavy atom. The highest BCUT2D eigenvalue weighted by atomic mass is 32.1. The molecule has 0 aliphatic rings. The first-order chi connectivity index (χ1) is 13.1. The molecule has 0 bridgehead atoms. The van der Waals surface area contributed by atoms with Crippen LogP contribution in [0.4, 0.5) is 5.82 Å². The molecule has 0 atom stereocenters. The lowest BCUT2D eigenvalue weighted by molar-refractivity contribution is 0.0531. The van der Waals surface area contributed by atoms with Crippen LogP contribution in [0.1, 0.15) is 33.7 Å². The van der Waals surface area contributed by atoms with Crippen LogP contribution in [-0.4, -0.2) is 37.1 Å². The molecule has 0 aromatic carbocycles. The molecule has 0 saturated heterocycles. The maximum absolute atomic E-state index is 12.2. The fourth-order valence-electron chi connectivity index (χ4n) is 2.96. The number of anilines is 1. The minimum absolute atomic E-state index is 0.325. The Bertz CT molecular complexity index is 1150. The molecule has 0 aliphatic carbocycles. The Morgan fingerprint density at radius 1 is 1.26 bits per heavy atom. The van der Waals surface area contributed by atoms with Crippen molar-refractivity contribution in [1.29, 1.82) is 0 Å². The summed E-state index contributed by atoms with van der Waals surface area (Å²) in [5.74, 6) is 1.01. The lowest BCUT2D eigenvalue weighted by Gasteiger charge is -2.09. The molecule has 0 unspecified atom stereocenters. The van der Waals surface area contributed by atoms with E-state index in [-0.39, 0.29) is 5.97 Å². The summed E-state index contributed by atoms with van der Waals surface area (Å²) in [5.41, 5.74) is 2.57. The van der Waals surface area contributed by atoms with Crippen molar-refractivity contribution in [3.63, 3.8) is 0 Å². The zero-order valence-corrected chi connectivity index (χ0v) is 16.0. The van der Waals surface area contributed by atoms with Crippen LogP contribution >= 0.6 is 11.3 Å². The van der Waals surface area contributed by atoms with E-state index in [1.165, 1.54) is 11.3 Å². The van der Waals surface area contributed by atoms with Gasteiger partial charge in [0, 0.05) is 12.3 Å². The number of aromatic nitrogens is 5. The first kappa shape index (κ1) is 17.3. The van der Waals surface area contributed by atoms with Gasteiger partial charge >= 0.3 is 5.97 Å². The summed E-state index contributed by atoms with van der Waals surface area (Å²) in [7, 11) is 0. The number of nitrogens with zero attached hydrogens (tertiary/aromatic N) is 5. The molecule has 4 rings (SSSR count). The Balaban J connectivity index is 1.72. The molecule has 138 valence electrons. The predicted molar refractivity (Wildman–Crippen MR) is 103 cm³/mol. The molecule has 27 heavy (non-hydrogen) atoms. The molecule has 0 spiro atoms. The number of carbonyl (C=O) groups excluding carboxylic acids is 1. The van der Waals surface area contributed by atoms with E-state index in [9.17, 15) is 4.79 Å². The normalized spacial score (nSPS) is 11.2. The smallest absolute Gasteiger partial charge is 0.348 e. The predicted octanol–water partition coefficient (Wildman–Crippen LogP) is 3.14. The Kier molecular flexibility index (Phi) is 4.44. The van der Waals surface area contributed by atoms with Crippen molar-refractivity contribution in [1.82, 2.24) is 24.6 Å². The van der Waals surface area contributed by atoms with Crippen LogP contribution in [0.25, 0.3) is 15.9 Å². The summed E-state index contributed by atoms with van der Waals surface area (Å²) < 4.78 is 6.94. The molecule has 0 saturated carbocycles. The third-order valence-electron chi connectivity index (χ3n) is 4.17. The van der Waals surface area contributed by atoms with E-state index < -0.39 is 0 Å². The SMILES string of the molecule is CCOC(=O)c1sc2nc(C)nc(NCc3ccnc4ccnn34)c2c1C. The van der Waals surface area contributed by atoms with E-state index in [0.29, 0.717) is 29.7 Å². The summed E-state index contributed by atoms with van der Waals surface area (Å²) in [6, 6.07) is 3.76. The van der Waals surface area contributed by atoms with Gasteiger partial charge in [-0.05, 0) is 32.4 Å². The zero-order chi connectivity index (χ0) is 19.0. The van der Waals surface area contributed by atoms with Gasteiger partial charge in [0.1, 0.15) is 21.3 Å². The molecule has 0 amide bonds. The van der Waals surface area contributed by atoms with Gasteiger partial charge in [-0.2, -0.15) is 5.10 Å². The highest BCUT2D eigenvalue weighted by molar-refractivity contribution is 7.20. The van der Waals surface area contributed by atoms with Crippen molar-refractivity contribution in [3.8, 4) is 0 Å². The highest BCUT2D eigenvalue weighted by Gasteiger charge is 2.21. The number of ether oxygens (including phenoxy) is 1. The van der Waals surface area contributed by atoms with Gasteiger partial charge in [0.15, 0.2) is 5.65 Å². The van der Waals surface area contributed by atoms with Crippen LogP contribution in [0.3, 0.4) is 0 Å². The number of rotatable bonds is 5. The standard InChI is InChI=1S/C18H18N6O2S/c1-4-26-18(25)15-10(2)14-16(22-11(3)23-17(14)27-15)20-9-12-5-7-19-13-6-8-21-24(12)13/h5-8H,4,9H2,1-3H3,(H,20,22,23). The average Bonchev–Trinajstić information content (AvgIpc) is 3.24. The third-order valence-corrected chi connectivity index (χ3v) is 5.33. The van der Waals surface area contributed by atoms with Crippen LogP contribution in [-0.2, 0) is 11.3 Å². The van der Waals surface area contributed by atoms with E-state index in [2.05, 4.69) is 25.4 Å². The average molecular weight is 382 g/mol. The van der Waals surface area contributed by atoms with Crippen molar-refractivity contribution in [3.05, 3.63) is 46.5 Å². The van der Waals surface area contributed by atoms with Gasteiger partial charge in [-0.25, -0.2) is 24.3 Å². The molecule has 4 aromatic rings. The minimum Gasteiger partial charge on any atom is -0.462 e. The second-order valence-electron chi connectivity index (χ2n) is 5.97. The quantitative estimate of drug-likeness (QED) is 0.530. The van der Waals surface area contributed by atoms with Gasteiger partial charge in [-0.3, -0.25) is 0 Å². The summed E-state index contributed by atoms with van der Waals surface area (Å²) >= 11 is 1.33. The Hall–Kier alpha value is -3.07. The van der Waals surface area contributed by atoms with Gasteiger partial charge in [-0.15, -0.1) is 11.3 Å². The second-order valence-corrected chi connectivity index (χ2v) is 6.97. The van der Waals surface area contributed by atoms with E-state index in [1.54, 1.807) is 23.8 Å². The maximum atomic E-state index is 12.2. The first-order valence-corrected chi connectivity index (χ1v) is 9.36. The minimum atomic E-state index is -0.325. The molecule has 1 N–H and O–H groups in total. The van der Waals surface area contributed by atoms with E-state index >= 15 is 0 Å². The van der Waals surface area contributed by atoms with E-state index in [1.807, 2.05) is 26.0 Å². The monoisotopic (exact) mass is 382 g/mol. The van der Waals surface area contributed by atoms with Crippen molar-refractivity contribution in [2.24, 2.45) is 0 Å². The molecule has 0 radical (unpaired) electrons. The van der Waals surface area contributed by atoms with Gasteiger partial charge in [0.2, 0.25) is 0 Å². The lowest BCUT2D eigenvalue weighted by atomic mass is 10.2. The molecule has 0 aliphatic heterocycles. The van der Waals surface area contributed by atoms with E-state index in [4.69, 9.17) is 4.74 Å². The topological polar surface area (TPSA) is 94.3 Å². The van der Waals surface area contributed by atoms with Crippen LogP contribution in [0.5, 0.6) is 0 Å². The number of esters is 1. The molecule has 8 nitrogen and oxygen atoms in total. The number of hydrogen-bond donors (Lipinski definition) is 1. The number of hydrogen-bond acceptors (Lipinski definition) is 8. The summed E-state index contributed by atoms with van der Waals surface area (Å²) in [4.78, 5) is 26.9. The van der Waals surface area contributed by atoms with Crippen molar-refractivity contribution in [2.75, 3.05) is 11.9 Å². The molecule has 4 aromatic heterocycles. The van der Waals surface area contributed by atoms with E-state index in [0.717, 1.165) is 27.1 Å². The maximum Gasteiger partial charge on any atom is 0.348 e. The van der Waals surface area contributed by atoms with Crippen molar-refractivity contribution >= 4 is 39.0 Å². The number of nitrogens with one attached hydrogen (secondary N) is 1. The molecule has 0 fully saturated rings. The van der Waals surface area contributed by atoms with Gasteiger partial charge in [-0.1, -0.05) is 0 Å². The highest BCUT2D eigenvalue weighted by Crippen LogP contribution is 2.34. The number of carbonyl (C=O) groups is 1. The molecular weight excluding hydrogens is 364 g/mol. The molecular formula is C18H18N6O2S. The Labute approximate surface area is 159 Å². The number of aryl methyl sites for hydroxylation is 2. The zero-order valence-electron chi connectivity index (χ0n) is 15.2. The van der Waals surface area contributed by atoms with Crippen LogP contribution in [0, 0.1) is 13.8 Å². The molecule has 4 heterocycles. The van der Waals surface area contributed by atoms with Gasteiger partial charge in [0.25, 0.3) is 0 Å². The summed E-state index contributed by atoms with van der Waals surface area (Å²) in [5, 5.41) is 8.51. The largest absolute Gasteiger partial charge is 0.462 e. The van der Waals surface area contributed by atoms with Crippen molar-refractivity contribution < 1.29 is 9.53 Å². The third kappa shape index (κ3) is 3.10. The van der Waals surface area contributed by atoms with Gasteiger partial charge < -0.3 is 10.1 Å². The second kappa shape index (κ2) is 6.92. The molecule has 9 heteroatoms. The van der Waals surface area contributed by atoms with Crippen LogP contribution in [0.15, 0.2) is 24.5 Å². The van der Waals surface area contributed by atoms with Crippen LogP contribution < -0.4 is 5.32 Å². The first-order valence-electron chi connectivity index (χ1n) is 8.55. The number of fused-ring (bicyclic) bond motifs is 2. The fourth-order valence-corrected chi connectivity index (χ4v) is 4.08. The summed E-state index contributed by atoms with van der Waals surface area (Å²) in [6.45, 7) is 6.37. The Morgan fingerprint density at radius 3 is 2.93 bits per heavy atom. The van der Waals surface area contributed by atoms with Crippen LogP contribution in [0.2, 0.25) is 0 Å². The van der Waals surface area contributed by atoms with Gasteiger partial charge in [0.05, 0.1) is 30.4 Å². The lowest BCUT2D eigenvalue weighted by Crippen LogP contribution is -2.09. The summed E-state index contributed by atoms with van der Waals surface area (Å²) in [6.07, 6.45) is 3.47. The van der Waals surface area contributed by atoms with Crippen molar-refractivity contribution in [2.45, 2.75) is 27.3 Å².